The molecule has 0 aliphatic heterocycles. The number of benzene rings is 3. The second-order valence-corrected chi connectivity index (χ2v) is 10.2. The van der Waals surface area contributed by atoms with Crippen molar-refractivity contribution in [3.05, 3.63) is 73.4 Å². The molecule has 0 bridgehead atoms. The van der Waals surface area contributed by atoms with Crippen LogP contribution < -0.4 is 0 Å². The molecule has 0 fully saturated rings. The Kier molecular flexibility index (Phi) is 4.32. The van der Waals surface area contributed by atoms with Gasteiger partial charge in [-0.3, -0.25) is 0 Å². The number of aromatic nitrogens is 1. The fourth-order valence-corrected chi connectivity index (χ4v) is 5.52. The Morgan fingerprint density at radius 1 is 0.760 bits per heavy atom. The molecule has 0 radical (unpaired) electrons. The SMILES string of the molecule is Cc1ccc(S(=O)(=O)n2c3ccc(I)cc3c3cc(I)ccc32)cc1. The van der Waals surface area contributed by atoms with Crippen LogP contribution in [0.4, 0.5) is 0 Å². The van der Waals surface area contributed by atoms with Gasteiger partial charge in [-0.15, -0.1) is 0 Å². The highest BCUT2D eigenvalue weighted by molar-refractivity contribution is 14.1. The van der Waals surface area contributed by atoms with Crippen molar-refractivity contribution in [1.29, 1.82) is 0 Å². The zero-order valence-corrected chi connectivity index (χ0v) is 18.3. The van der Waals surface area contributed by atoms with E-state index in [1.54, 1.807) is 12.1 Å². The zero-order valence-electron chi connectivity index (χ0n) is 13.2. The summed E-state index contributed by atoms with van der Waals surface area (Å²) in [5.74, 6) is 0. The summed E-state index contributed by atoms with van der Waals surface area (Å²) in [5, 5.41) is 1.91. The maximum atomic E-state index is 13.4. The number of hydrogen-bond acceptors (Lipinski definition) is 2. The number of fused-ring (bicyclic) bond motifs is 3. The molecule has 4 rings (SSSR count). The van der Waals surface area contributed by atoms with Crippen LogP contribution in [0.15, 0.2) is 65.6 Å². The molecule has 0 spiro atoms. The zero-order chi connectivity index (χ0) is 17.8. The van der Waals surface area contributed by atoms with Crippen molar-refractivity contribution in [2.75, 3.05) is 0 Å². The van der Waals surface area contributed by atoms with Crippen LogP contribution in [-0.4, -0.2) is 12.4 Å². The van der Waals surface area contributed by atoms with Gasteiger partial charge < -0.3 is 0 Å². The Labute approximate surface area is 173 Å². The van der Waals surface area contributed by atoms with Gasteiger partial charge in [0.05, 0.1) is 15.9 Å². The molecule has 25 heavy (non-hydrogen) atoms. The molecule has 1 aromatic heterocycles. The molecule has 3 nitrogen and oxygen atoms in total. The first kappa shape index (κ1) is 17.3. The number of aryl methyl sites for hydroxylation is 1. The number of nitrogens with zero attached hydrogens (tertiary/aromatic N) is 1. The molecule has 1 heterocycles. The fraction of sp³-hybridized carbons (Fsp3) is 0.0526. The molecule has 0 aliphatic carbocycles. The minimum Gasteiger partial charge on any atom is -0.233 e. The smallest absolute Gasteiger partial charge is 0.233 e. The minimum atomic E-state index is -3.68. The molecular formula is C19H13I2NO2S. The molecule has 0 aliphatic rings. The van der Waals surface area contributed by atoms with E-state index < -0.39 is 10.0 Å². The predicted octanol–water partition coefficient (Wildman–Crippen LogP) is 5.55. The lowest BCUT2D eigenvalue weighted by molar-refractivity contribution is 0.590. The van der Waals surface area contributed by atoms with Crippen molar-refractivity contribution in [2.45, 2.75) is 11.8 Å². The van der Waals surface area contributed by atoms with Crippen LogP contribution >= 0.6 is 45.2 Å². The minimum absolute atomic E-state index is 0.300. The topological polar surface area (TPSA) is 39.1 Å². The third kappa shape index (κ3) is 2.87. The standard InChI is InChI=1S/C19H13I2NO2S/c1-12-2-6-15(7-3-12)25(23,24)22-18-8-4-13(20)10-16(18)17-11-14(21)5-9-19(17)22/h2-11H,1H3. The molecule has 0 unspecified atom stereocenters. The Morgan fingerprint density at radius 3 is 1.72 bits per heavy atom. The van der Waals surface area contributed by atoms with Gasteiger partial charge in [0.25, 0.3) is 10.0 Å². The van der Waals surface area contributed by atoms with Crippen molar-refractivity contribution in [2.24, 2.45) is 0 Å². The molecule has 0 saturated heterocycles. The number of halogens is 2. The van der Waals surface area contributed by atoms with Crippen molar-refractivity contribution >= 4 is 77.0 Å². The van der Waals surface area contributed by atoms with E-state index in [4.69, 9.17) is 0 Å². The summed E-state index contributed by atoms with van der Waals surface area (Å²) < 4.78 is 30.4. The van der Waals surface area contributed by atoms with Gasteiger partial charge in [-0.25, -0.2) is 12.4 Å². The normalized spacial score (nSPS) is 12.1. The maximum Gasteiger partial charge on any atom is 0.268 e. The highest BCUT2D eigenvalue weighted by Crippen LogP contribution is 2.34. The summed E-state index contributed by atoms with van der Waals surface area (Å²) in [6.07, 6.45) is 0. The van der Waals surface area contributed by atoms with Crippen LogP contribution in [0.1, 0.15) is 5.56 Å². The van der Waals surface area contributed by atoms with E-state index in [1.165, 1.54) is 3.97 Å². The van der Waals surface area contributed by atoms with Crippen LogP contribution in [-0.2, 0) is 10.0 Å². The van der Waals surface area contributed by atoms with E-state index in [1.807, 2.05) is 55.5 Å². The van der Waals surface area contributed by atoms with Crippen molar-refractivity contribution in [1.82, 2.24) is 3.97 Å². The van der Waals surface area contributed by atoms with Crippen LogP contribution in [0.25, 0.3) is 21.8 Å². The Morgan fingerprint density at radius 2 is 1.24 bits per heavy atom. The van der Waals surface area contributed by atoms with Gasteiger partial charge in [-0.05, 0) is 101 Å². The van der Waals surface area contributed by atoms with Gasteiger partial charge in [0, 0.05) is 17.9 Å². The highest BCUT2D eigenvalue weighted by Gasteiger charge is 2.23. The van der Waals surface area contributed by atoms with Crippen molar-refractivity contribution < 1.29 is 8.42 Å². The Bertz CT molecular complexity index is 1170. The summed E-state index contributed by atoms with van der Waals surface area (Å²) in [4.78, 5) is 0.300. The molecule has 0 saturated carbocycles. The Balaban J connectivity index is 2.14. The molecule has 0 atom stereocenters. The molecule has 0 amide bonds. The van der Waals surface area contributed by atoms with Gasteiger partial charge in [0.15, 0.2) is 0 Å². The molecule has 126 valence electrons. The van der Waals surface area contributed by atoms with Crippen LogP contribution in [0.3, 0.4) is 0 Å². The molecule has 4 aromatic rings. The summed E-state index contributed by atoms with van der Waals surface area (Å²) in [5.41, 5.74) is 2.45. The van der Waals surface area contributed by atoms with Gasteiger partial charge in [0.1, 0.15) is 0 Å². The summed E-state index contributed by atoms with van der Waals surface area (Å²) >= 11 is 4.51. The highest BCUT2D eigenvalue weighted by atomic mass is 127. The van der Waals surface area contributed by atoms with Gasteiger partial charge in [-0.2, -0.15) is 0 Å². The van der Waals surface area contributed by atoms with Crippen LogP contribution in [0.5, 0.6) is 0 Å². The Hall–Kier alpha value is -1.13. The maximum absolute atomic E-state index is 13.4. The quantitative estimate of drug-likeness (QED) is 0.296. The summed E-state index contributed by atoms with van der Waals surface area (Å²) in [6, 6.07) is 18.7. The van der Waals surface area contributed by atoms with E-state index in [0.717, 1.165) is 23.5 Å². The third-order valence-corrected chi connectivity index (χ3v) is 7.29. The van der Waals surface area contributed by atoms with E-state index in [2.05, 4.69) is 45.2 Å². The van der Waals surface area contributed by atoms with E-state index >= 15 is 0 Å². The summed E-state index contributed by atoms with van der Waals surface area (Å²) in [7, 11) is -3.68. The second-order valence-electron chi connectivity index (χ2n) is 5.91. The second kappa shape index (κ2) is 6.24. The first-order valence-corrected chi connectivity index (χ1v) is 11.2. The van der Waals surface area contributed by atoms with E-state index in [-0.39, 0.29) is 0 Å². The van der Waals surface area contributed by atoms with Crippen molar-refractivity contribution in [3.63, 3.8) is 0 Å². The average molecular weight is 573 g/mol. The number of hydrogen-bond donors (Lipinski definition) is 0. The monoisotopic (exact) mass is 573 g/mol. The van der Waals surface area contributed by atoms with Crippen molar-refractivity contribution in [3.8, 4) is 0 Å². The van der Waals surface area contributed by atoms with Gasteiger partial charge >= 0.3 is 0 Å². The average Bonchev–Trinajstić information content (AvgIpc) is 2.89. The van der Waals surface area contributed by atoms with Crippen LogP contribution in [0.2, 0.25) is 0 Å². The van der Waals surface area contributed by atoms with Gasteiger partial charge in [0.2, 0.25) is 0 Å². The third-order valence-electron chi connectivity index (χ3n) is 4.20. The fourth-order valence-electron chi connectivity index (χ4n) is 3.01. The first-order chi connectivity index (χ1) is 11.9. The lowest BCUT2D eigenvalue weighted by atomic mass is 10.2. The van der Waals surface area contributed by atoms with Gasteiger partial charge in [-0.1, -0.05) is 17.7 Å². The van der Waals surface area contributed by atoms with E-state index in [9.17, 15) is 8.42 Å². The first-order valence-electron chi connectivity index (χ1n) is 7.59. The van der Waals surface area contributed by atoms with E-state index in [0.29, 0.717) is 15.9 Å². The number of rotatable bonds is 2. The predicted molar refractivity (Wildman–Crippen MR) is 119 cm³/mol. The summed E-state index contributed by atoms with van der Waals surface area (Å²) in [6.45, 7) is 1.95. The molecule has 6 heteroatoms. The lowest BCUT2D eigenvalue weighted by Gasteiger charge is -2.09. The molecule has 0 N–H and O–H groups in total. The lowest BCUT2D eigenvalue weighted by Crippen LogP contribution is -2.12. The largest absolute Gasteiger partial charge is 0.268 e. The molecule has 3 aromatic carbocycles. The molecular weight excluding hydrogens is 560 g/mol. The van der Waals surface area contributed by atoms with Crippen LogP contribution in [0, 0.1) is 14.1 Å².